The Labute approximate surface area is 71.5 Å². The van der Waals surface area contributed by atoms with E-state index in [9.17, 15) is 0 Å². The molecule has 2 nitrogen and oxygen atoms in total. The van der Waals surface area contributed by atoms with E-state index in [4.69, 9.17) is 5.73 Å². The first-order valence-corrected chi connectivity index (χ1v) is 4.55. The molecule has 11 heavy (non-hydrogen) atoms. The molecule has 0 fully saturated rings. The molecule has 0 aliphatic heterocycles. The van der Waals surface area contributed by atoms with Gasteiger partial charge in [-0.25, -0.2) is 4.98 Å². The van der Waals surface area contributed by atoms with Crippen LogP contribution in [0.15, 0.2) is 11.6 Å². The minimum atomic E-state index is 0.0579. The number of nitrogens with two attached hydrogens (primary N) is 1. The lowest BCUT2D eigenvalue weighted by atomic mass is 9.88. The summed E-state index contributed by atoms with van der Waals surface area (Å²) in [5.41, 5.74) is 6.07. The number of aromatic nitrogens is 1. The largest absolute Gasteiger partial charge is 0.322 e. The fourth-order valence-electron chi connectivity index (χ4n) is 0.758. The highest BCUT2D eigenvalue weighted by Crippen LogP contribution is 2.30. The Morgan fingerprint density at radius 1 is 1.55 bits per heavy atom. The third kappa shape index (κ3) is 2.01. The van der Waals surface area contributed by atoms with Crippen LogP contribution in [0.25, 0.3) is 0 Å². The molecule has 0 amide bonds. The van der Waals surface area contributed by atoms with E-state index in [0.29, 0.717) is 0 Å². The maximum absolute atomic E-state index is 5.96. The van der Waals surface area contributed by atoms with Crippen molar-refractivity contribution in [3.05, 3.63) is 16.6 Å². The molecule has 0 aliphatic rings. The van der Waals surface area contributed by atoms with Crippen LogP contribution in [-0.4, -0.2) is 4.98 Å². The Morgan fingerprint density at radius 2 is 2.18 bits per heavy atom. The second-order valence-corrected chi connectivity index (χ2v) is 4.64. The van der Waals surface area contributed by atoms with E-state index >= 15 is 0 Å². The molecular weight excluding hydrogens is 156 g/mol. The first kappa shape index (κ1) is 8.68. The lowest BCUT2D eigenvalue weighted by molar-refractivity contribution is 0.326. The lowest BCUT2D eigenvalue weighted by Crippen LogP contribution is -2.25. The lowest BCUT2D eigenvalue weighted by Gasteiger charge is -2.24. The minimum Gasteiger partial charge on any atom is -0.322 e. The van der Waals surface area contributed by atoms with Gasteiger partial charge < -0.3 is 5.73 Å². The monoisotopic (exact) mass is 170 g/mol. The molecule has 0 spiro atoms. The molecule has 0 saturated carbocycles. The van der Waals surface area contributed by atoms with Crippen LogP contribution >= 0.6 is 11.3 Å². The highest BCUT2D eigenvalue weighted by Gasteiger charge is 2.23. The maximum atomic E-state index is 5.96. The highest BCUT2D eigenvalue weighted by atomic mass is 32.1. The quantitative estimate of drug-likeness (QED) is 0.701. The van der Waals surface area contributed by atoms with Crippen molar-refractivity contribution in [3.63, 3.8) is 0 Å². The van der Waals surface area contributed by atoms with Crippen molar-refractivity contribution < 1.29 is 0 Å². The van der Waals surface area contributed by atoms with Crippen LogP contribution in [0.2, 0.25) is 0 Å². The fraction of sp³-hybridized carbons (Fsp3) is 0.625. The van der Waals surface area contributed by atoms with Gasteiger partial charge in [0.15, 0.2) is 0 Å². The Kier molecular flexibility index (Phi) is 2.30. The van der Waals surface area contributed by atoms with Crippen molar-refractivity contribution in [2.75, 3.05) is 0 Å². The van der Waals surface area contributed by atoms with Gasteiger partial charge in [0, 0.05) is 11.6 Å². The summed E-state index contributed by atoms with van der Waals surface area (Å²) in [5, 5.41) is 2.98. The number of thiazole rings is 1. The van der Waals surface area contributed by atoms with Gasteiger partial charge in [-0.2, -0.15) is 0 Å². The number of hydrogen-bond acceptors (Lipinski definition) is 3. The predicted octanol–water partition coefficient (Wildman–Crippen LogP) is 2.19. The summed E-state index contributed by atoms with van der Waals surface area (Å²) in [7, 11) is 0. The SMILES string of the molecule is CC(C)(C)C(N)c1nccs1. The first-order chi connectivity index (χ1) is 5.02. The summed E-state index contributed by atoms with van der Waals surface area (Å²) in [6.07, 6.45) is 1.80. The Morgan fingerprint density at radius 3 is 2.55 bits per heavy atom. The standard InChI is InChI=1S/C8H14N2S/c1-8(2,3)6(9)7-10-4-5-11-7/h4-6H,9H2,1-3H3. The van der Waals surface area contributed by atoms with Gasteiger partial charge in [0.1, 0.15) is 5.01 Å². The molecule has 1 unspecified atom stereocenters. The van der Waals surface area contributed by atoms with Crippen molar-refractivity contribution in [1.29, 1.82) is 0 Å². The van der Waals surface area contributed by atoms with Crippen molar-refractivity contribution >= 4 is 11.3 Å². The third-order valence-electron chi connectivity index (χ3n) is 1.65. The molecule has 1 aromatic heterocycles. The van der Waals surface area contributed by atoms with Crippen molar-refractivity contribution in [3.8, 4) is 0 Å². The van der Waals surface area contributed by atoms with Crippen LogP contribution in [-0.2, 0) is 0 Å². The van der Waals surface area contributed by atoms with Crippen molar-refractivity contribution in [2.45, 2.75) is 26.8 Å². The average molecular weight is 170 g/mol. The van der Waals surface area contributed by atoms with E-state index in [1.807, 2.05) is 5.38 Å². The highest BCUT2D eigenvalue weighted by molar-refractivity contribution is 7.09. The summed E-state index contributed by atoms with van der Waals surface area (Å²) in [6.45, 7) is 6.37. The van der Waals surface area contributed by atoms with E-state index in [0.717, 1.165) is 5.01 Å². The summed E-state index contributed by atoms with van der Waals surface area (Å²) in [5.74, 6) is 0. The Hall–Kier alpha value is -0.410. The van der Waals surface area contributed by atoms with E-state index in [-0.39, 0.29) is 11.5 Å². The molecule has 2 N–H and O–H groups in total. The van der Waals surface area contributed by atoms with Gasteiger partial charge in [0.05, 0.1) is 6.04 Å². The Balaban J connectivity index is 2.78. The molecule has 0 radical (unpaired) electrons. The molecule has 1 heterocycles. The third-order valence-corrected chi connectivity index (χ3v) is 2.51. The van der Waals surface area contributed by atoms with Gasteiger partial charge in [-0.1, -0.05) is 20.8 Å². The summed E-state index contributed by atoms with van der Waals surface area (Å²) in [6, 6.07) is 0.0579. The zero-order chi connectivity index (χ0) is 8.48. The van der Waals surface area contributed by atoms with E-state index in [1.54, 1.807) is 17.5 Å². The van der Waals surface area contributed by atoms with Gasteiger partial charge in [-0.15, -0.1) is 11.3 Å². The molecule has 0 saturated heterocycles. The van der Waals surface area contributed by atoms with Crippen LogP contribution in [0.3, 0.4) is 0 Å². The number of rotatable bonds is 1. The second-order valence-electron chi connectivity index (χ2n) is 3.71. The summed E-state index contributed by atoms with van der Waals surface area (Å²) >= 11 is 1.62. The van der Waals surface area contributed by atoms with Gasteiger partial charge >= 0.3 is 0 Å². The number of hydrogen-bond donors (Lipinski definition) is 1. The molecule has 1 atom stereocenters. The van der Waals surface area contributed by atoms with E-state index in [2.05, 4.69) is 25.8 Å². The van der Waals surface area contributed by atoms with Crippen LogP contribution in [0.4, 0.5) is 0 Å². The summed E-state index contributed by atoms with van der Waals surface area (Å²) in [4.78, 5) is 4.18. The Bertz CT molecular complexity index is 210. The molecule has 3 heteroatoms. The van der Waals surface area contributed by atoms with Crippen molar-refractivity contribution in [2.24, 2.45) is 11.1 Å². The molecular formula is C8H14N2S. The fourth-order valence-corrected chi connectivity index (χ4v) is 1.64. The average Bonchev–Trinajstić information content (AvgIpc) is 2.34. The molecule has 0 aromatic carbocycles. The molecule has 62 valence electrons. The normalized spacial score (nSPS) is 14.9. The molecule has 1 rings (SSSR count). The molecule has 1 aromatic rings. The van der Waals surface area contributed by atoms with Gasteiger partial charge in [-0.05, 0) is 5.41 Å². The zero-order valence-electron chi connectivity index (χ0n) is 7.16. The summed E-state index contributed by atoms with van der Waals surface area (Å²) < 4.78 is 0. The topological polar surface area (TPSA) is 38.9 Å². The van der Waals surface area contributed by atoms with E-state index < -0.39 is 0 Å². The van der Waals surface area contributed by atoms with E-state index in [1.165, 1.54) is 0 Å². The molecule has 0 bridgehead atoms. The first-order valence-electron chi connectivity index (χ1n) is 3.67. The van der Waals surface area contributed by atoms with Crippen molar-refractivity contribution in [1.82, 2.24) is 4.98 Å². The maximum Gasteiger partial charge on any atom is 0.110 e. The second kappa shape index (κ2) is 2.91. The zero-order valence-corrected chi connectivity index (χ0v) is 7.98. The molecule has 0 aliphatic carbocycles. The smallest absolute Gasteiger partial charge is 0.110 e. The number of nitrogens with zero attached hydrogens (tertiary/aromatic N) is 1. The van der Waals surface area contributed by atoms with Gasteiger partial charge in [0.25, 0.3) is 0 Å². The van der Waals surface area contributed by atoms with Crippen LogP contribution < -0.4 is 5.73 Å². The van der Waals surface area contributed by atoms with Crippen LogP contribution in [0, 0.1) is 5.41 Å². The van der Waals surface area contributed by atoms with Crippen LogP contribution in [0.5, 0.6) is 0 Å². The predicted molar refractivity (Wildman–Crippen MR) is 48.5 cm³/mol. The van der Waals surface area contributed by atoms with Gasteiger partial charge in [-0.3, -0.25) is 0 Å². The van der Waals surface area contributed by atoms with Gasteiger partial charge in [0.2, 0.25) is 0 Å². The minimum absolute atomic E-state index is 0.0579. The van der Waals surface area contributed by atoms with Crippen LogP contribution in [0.1, 0.15) is 31.8 Å².